The van der Waals surface area contributed by atoms with Gasteiger partial charge in [-0.3, -0.25) is 10.1 Å². The molecule has 28 heavy (non-hydrogen) atoms. The number of nitrogens with one attached hydrogen (secondary N) is 1. The van der Waals surface area contributed by atoms with Gasteiger partial charge >= 0.3 is 0 Å². The number of aromatic nitrogens is 1. The van der Waals surface area contributed by atoms with Crippen molar-refractivity contribution in [3.63, 3.8) is 0 Å². The van der Waals surface area contributed by atoms with Crippen molar-refractivity contribution in [2.24, 2.45) is 0 Å². The van der Waals surface area contributed by atoms with Crippen molar-refractivity contribution in [3.8, 4) is 33.6 Å². The topological polar surface area (TPSA) is 86.7 Å². The molecule has 0 radical (unpaired) electrons. The second-order valence-corrected chi connectivity index (χ2v) is 7.00. The fourth-order valence-corrected chi connectivity index (χ4v) is 3.80. The van der Waals surface area contributed by atoms with E-state index >= 15 is 0 Å². The van der Waals surface area contributed by atoms with E-state index in [0.29, 0.717) is 33.8 Å². The maximum atomic E-state index is 12.7. The van der Waals surface area contributed by atoms with Gasteiger partial charge in [0.1, 0.15) is 22.9 Å². The molecule has 1 aliphatic heterocycles. The number of para-hydroxylation sites is 2. The first-order valence-corrected chi connectivity index (χ1v) is 9.37. The minimum absolute atomic E-state index is 0.129. The highest BCUT2D eigenvalue weighted by atomic mass is 32.1. The molecule has 1 aromatic carbocycles. The molecule has 0 saturated heterocycles. The number of carbonyl (C=O) groups excluding carboxylic acids is 1. The molecule has 4 heterocycles. The number of thiazole rings is 1. The quantitative estimate of drug-likeness (QED) is 0.551. The van der Waals surface area contributed by atoms with Gasteiger partial charge in [0.15, 0.2) is 22.4 Å². The van der Waals surface area contributed by atoms with Gasteiger partial charge in [-0.05, 0) is 36.4 Å². The summed E-state index contributed by atoms with van der Waals surface area (Å²) in [5, 5.41) is 3.23. The normalized spacial score (nSPS) is 15.4. The van der Waals surface area contributed by atoms with Gasteiger partial charge in [0.25, 0.3) is 5.91 Å². The number of hydrogen-bond acceptors (Lipinski definition) is 7. The third-order valence-electron chi connectivity index (χ3n) is 4.16. The molecule has 1 unspecified atom stereocenters. The van der Waals surface area contributed by atoms with Gasteiger partial charge in [-0.2, -0.15) is 0 Å². The molecule has 140 valence electrons. The second kappa shape index (κ2) is 6.90. The van der Waals surface area contributed by atoms with E-state index in [0.717, 1.165) is 4.88 Å². The molecule has 4 aromatic rings. The van der Waals surface area contributed by atoms with Gasteiger partial charge in [-0.25, -0.2) is 4.98 Å². The fourth-order valence-electron chi connectivity index (χ4n) is 2.86. The van der Waals surface area contributed by atoms with Gasteiger partial charge in [-0.1, -0.05) is 23.5 Å². The largest absolute Gasteiger partial charge is 0.485 e. The lowest BCUT2D eigenvalue weighted by atomic mass is 10.2. The van der Waals surface area contributed by atoms with Crippen molar-refractivity contribution in [1.29, 1.82) is 0 Å². The average molecular weight is 394 g/mol. The maximum Gasteiger partial charge on any atom is 0.270 e. The summed E-state index contributed by atoms with van der Waals surface area (Å²) in [6.45, 7) is 0.129. The number of rotatable bonds is 4. The van der Waals surface area contributed by atoms with E-state index < -0.39 is 6.10 Å². The molecule has 1 aliphatic rings. The SMILES string of the molecule is O=C(Nc1nc(-c2ccco2)c(-c2ccco2)s1)C1COc2ccccc2O1. The van der Waals surface area contributed by atoms with Gasteiger partial charge in [0, 0.05) is 0 Å². The zero-order valence-electron chi connectivity index (χ0n) is 14.5. The number of nitrogens with zero attached hydrogens (tertiary/aromatic N) is 1. The summed E-state index contributed by atoms with van der Waals surface area (Å²) in [6.07, 6.45) is 2.39. The summed E-state index contributed by atoms with van der Waals surface area (Å²) in [5.74, 6) is 2.08. The Kier molecular flexibility index (Phi) is 4.10. The summed E-state index contributed by atoms with van der Waals surface area (Å²) in [5.41, 5.74) is 0.603. The molecule has 5 rings (SSSR count). The summed E-state index contributed by atoms with van der Waals surface area (Å²) in [4.78, 5) is 18.0. The van der Waals surface area contributed by atoms with Crippen LogP contribution in [0, 0.1) is 0 Å². The molecule has 1 amide bonds. The Bertz CT molecular complexity index is 1050. The van der Waals surface area contributed by atoms with Crippen LogP contribution in [0.4, 0.5) is 5.13 Å². The Balaban J connectivity index is 1.40. The van der Waals surface area contributed by atoms with Crippen molar-refractivity contribution in [2.75, 3.05) is 11.9 Å². The van der Waals surface area contributed by atoms with E-state index in [2.05, 4.69) is 10.3 Å². The zero-order valence-corrected chi connectivity index (χ0v) is 15.3. The van der Waals surface area contributed by atoms with E-state index in [4.69, 9.17) is 18.3 Å². The molecule has 3 aromatic heterocycles. The van der Waals surface area contributed by atoms with Gasteiger partial charge < -0.3 is 18.3 Å². The molecule has 7 nitrogen and oxygen atoms in total. The monoisotopic (exact) mass is 394 g/mol. The van der Waals surface area contributed by atoms with Crippen LogP contribution in [-0.2, 0) is 4.79 Å². The number of fused-ring (bicyclic) bond motifs is 1. The average Bonchev–Trinajstić information content (AvgIpc) is 3.47. The van der Waals surface area contributed by atoms with Crippen LogP contribution in [0.3, 0.4) is 0 Å². The summed E-state index contributed by atoms with van der Waals surface area (Å²) in [6, 6.07) is 14.5. The number of carbonyl (C=O) groups is 1. The van der Waals surface area contributed by atoms with Crippen LogP contribution in [-0.4, -0.2) is 23.6 Å². The van der Waals surface area contributed by atoms with Crippen molar-refractivity contribution in [1.82, 2.24) is 4.98 Å². The fraction of sp³-hybridized carbons (Fsp3) is 0.100. The lowest BCUT2D eigenvalue weighted by Gasteiger charge is -2.25. The molecule has 1 N–H and O–H groups in total. The number of amides is 1. The standard InChI is InChI=1S/C20H14N2O5S/c23-19(16-11-26-12-5-1-2-6-13(12)27-16)22-20-21-17(14-7-3-9-24-14)18(28-20)15-8-4-10-25-15/h1-10,16H,11H2,(H,21,22,23). The number of benzene rings is 1. The van der Waals surface area contributed by atoms with Crippen LogP contribution in [0.5, 0.6) is 11.5 Å². The highest BCUT2D eigenvalue weighted by Gasteiger charge is 2.29. The molecule has 0 saturated carbocycles. The smallest absolute Gasteiger partial charge is 0.270 e. The van der Waals surface area contributed by atoms with Crippen molar-refractivity contribution in [3.05, 3.63) is 61.1 Å². The van der Waals surface area contributed by atoms with Crippen LogP contribution in [0.1, 0.15) is 0 Å². The third-order valence-corrected chi connectivity index (χ3v) is 5.14. The number of anilines is 1. The predicted molar refractivity (Wildman–Crippen MR) is 103 cm³/mol. The molecular weight excluding hydrogens is 380 g/mol. The van der Waals surface area contributed by atoms with E-state index in [1.165, 1.54) is 11.3 Å². The van der Waals surface area contributed by atoms with Gasteiger partial charge in [0.05, 0.1) is 12.5 Å². The molecule has 0 spiro atoms. The third kappa shape index (κ3) is 3.03. The first-order valence-electron chi connectivity index (χ1n) is 8.56. The van der Waals surface area contributed by atoms with Gasteiger partial charge in [-0.15, -0.1) is 0 Å². The van der Waals surface area contributed by atoms with E-state index in [9.17, 15) is 4.79 Å². The number of hydrogen-bond donors (Lipinski definition) is 1. The highest BCUT2D eigenvalue weighted by molar-refractivity contribution is 7.19. The Hall–Kier alpha value is -3.52. The second-order valence-electron chi connectivity index (χ2n) is 6.00. The molecule has 1 atom stereocenters. The Morgan fingerprint density at radius 3 is 2.50 bits per heavy atom. The van der Waals surface area contributed by atoms with Crippen molar-refractivity contribution in [2.45, 2.75) is 6.10 Å². The molecule has 0 aliphatic carbocycles. The minimum Gasteiger partial charge on any atom is -0.485 e. The first kappa shape index (κ1) is 16.6. The lowest BCUT2D eigenvalue weighted by Crippen LogP contribution is -2.40. The summed E-state index contributed by atoms with van der Waals surface area (Å²) >= 11 is 1.30. The molecular formula is C20H14N2O5S. The van der Waals surface area contributed by atoms with Crippen LogP contribution < -0.4 is 14.8 Å². The summed E-state index contributed by atoms with van der Waals surface area (Å²) in [7, 11) is 0. The summed E-state index contributed by atoms with van der Waals surface area (Å²) < 4.78 is 22.3. The number of ether oxygens (including phenoxy) is 2. The maximum absolute atomic E-state index is 12.7. The predicted octanol–water partition coefficient (Wildman–Crippen LogP) is 4.44. The molecule has 0 bridgehead atoms. The van der Waals surface area contributed by atoms with E-state index in [1.807, 2.05) is 24.3 Å². The van der Waals surface area contributed by atoms with E-state index in [-0.39, 0.29) is 12.5 Å². The van der Waals surface area contributed by atoms with Crippen LogP contribution >= 0.6 is 11.3 Å². The lowest BCUT2D eigenvalue weighted by molar-refractivity contribution is -0.125. The van der Waals surface area contributed by atoms with Crippen LogP contribution in [0.2, 0.25) is 0 Å². The van der Waals surface area contributed by atoms with Gasteiger partial charge in [0.2, 0.25) is 6.10 Å². The van der Waals surface area contributed by atoms with Crippen LogP contribution in [0.15, 0.2) is 69.9 Å². The molecule has 0 fully saturated rings. The Morgan fingerprint density at radius 2 is 1.75 bits per heavy atom. The van der Waals surface area contributed by atoms with Crippen LogP contribution in [0.25, 0.3) is 22.1 Å². The highest BCUT2D eigenvalue weighted by Crippen LogP contribution is 2.39. The molecule has 8 heteroatoms. The first-order chi connectivity index (χ1) is 13.8. The Morgan fingerprint density at radius 1 is 1.00 bits per heavy atom. The van der Waals surface area contributed by atoms with E-state index in [1.54, 1.807) is 36.8 Å². The number of furan rings is 2. The Labute approximate surface area is 163 Å². The minimum atomic E-state index is -0.766. The van der Waals surface area contributed by atoms with Crippen molar-refractivity contribution < 1.29 is 23.1 Å². The van der Waals surface area contributed by atoms with Crippen molar-refractivity contribution >= 4 is 22.4 Å². The zero-order chi connectivity index (χ0) is 18.9.